The first-order valence-corrected chi connectivity index (χ1v) is 10.5. The molecule has 0 aliphatic carbocycles. The van der Waals surface area contributed by atoms with E-state index in [0.717, 1.165) is 15.9 Å². The molecule has 0 atom stereocenters. The molecule has 12 heteroatoms. The van der Waals surface area contributed by atoms with Crippen LogP contribution >= 0.6 is 15.9 Å². The lowest BCUT2D eigenvalue weighted by molar-refractivity contribution is 0.0939. The predicted octanol–water partition coefficient (Wildman–Crippen LogP) is 2.47. The molecule has 11 nitrogen and oxygen atoms in total. The molecule has 0 fully saturated rings. The number of hydrogen-bond donors (Lipinski definition) is 2. The minimum atomic E-state index is -0.452. The number of rotatable bonds is 7. The van der Waals surface area contributed by atoms with E-state index >= 15 is 0 Å². The van der Waals surface area contributed by atoms with E-state index in [-0.39, 0.29) is 23.6 Å². The van der Waals surface area contributed by atoms with Crippen LogP contribution < -0.4 is 10.6 Å². The predicted molar refractivity (Wildman–Crippen MR) is 118 cm³/mol. The molecule has 0 aromatic carbocycles. The van der Waals surface area contributed by atoms with Gasteiger partial charge in [-0.2, -0.15) is 15.3 Å². The smallest absolute Gasteiger partial charge is 0.276 e. The van der Waals surface area contributed by atoms with Gasteiger partial charge in [-0.1, -0.05) is 0 Å². The Morgan fingerprint density at radius 2 is 2.00 bits per heavy atom. The van der Waals surface area contributed by atoms with Crippen molar-refractivity contribution in [3.63, 3.8) is 0 Å². The highest BCUT2D eigenvalue weighted by Gasteiger charge is 2.20. The van der Waals surface area contributed by atoms with Gasteiger partial charge >= 0.3 is 0 Å². The Bertz CT molecular complexity index is 1270. The van der Waals surface area contributed by atoms with Crippen LogP contribution in [0.3, 0.4) is 0 Å². The molecular formula is C20H21BrN8O3. The Kier molecular flexibility index (Phi) is 5.95. The average Bonchev–Trinajstić information content (AvgIpc) is 3.55. The summed E-state index contributed by atoms with van der Waals surface area (Å²) in [7, 11) is 1.62. The molecule has 4 aromatic heterocycles. The molecule has 0 radical (unpaired) electrons. The van der Waals surface area contributed by atoms with E-state index in [0.29, 0.717) is 12.4 Å². The number of carbonyl (C=O) groups is 2. The Balaban J connectivity index is 1.44. The number of nitrogens with zero attached hydrogens (tertiary/aromatic N) is 6. The molecule has 0 aliphatic heterocycles. The highest BCUT2D eigenvalue weighted by Crippen LogP contribution is 2.20. The zero-order chi connectivity index (χ0) is 22.8. The Morgan fingerprint density at radius 3 is 2.69 bits per heavy atom. The van der Waals surface area contributed by atoms with Gasteiger partial charge in [-0.05, 0) is 48.0 Å². The highest BCUT2D eigenvalue weighted by molar-refractivity contribution is 9.10. The van der Waals surface area contributed by atoms with Gasteiger partial charge in [-0.3, -0.25) is 19.0 Å². The number of carbonyl (C=O) groups excluding carboxylic acids is 2. The summed E-state index contributed by atoms with van der Waals surface area (Å²) < 4.78 is 11.0. The molecule has 0 aliphatic rings. The number of aryl methyl sites for hydroxylation is 2. The molecule has 4 rings (SSSR count). The fourth-order valence-corrected chi connectivity index (χ4v) is 3.44. The molecular weight excluding hydrogens is 480 g/mol. The third kappa shape index (κ3) is 4.35. The van der Waals surface area contributed by atoms with Crippen LogP contribution in [0.25, 0.3) is 0 Å². The van der Waals surface area contributed by atoms with Gasteiger partial charge in [0.2, 0.25) is 0 Å². The minimum Gasteiger partial charge on any atom is -0.467 e. The van der Waals surface area contributed by atoms with E-state index in [1.54, 1.807) is 40.8 Å². The Morgan fingerprint density at radius 1 is 1.19 bits per heavy atom. The monoisotopic (exact) mass is 500 g/mol. The lowest BCUT2D eigenvalue weighted by Crippen LogP contribution is -2.26. The lowest BCUT2D eigenvalue weighted by Gasteiger charge is -2.08. The largest absolute Gasteiger partial charge is 0.467 e. The summed E-state index contributed by atoms with van der Waals surface area (Å²) in [6.45, 7) is 4.43. The zero-order valence-electron chi connectivity index (χ0n) is 17.7. The molecule has 32 heavy (non-hydrogen) atoms. The second-order valence-electron chi connectivity index (χ2n) is 7.11. The van der Waals surface area contributed by atoms with E-state index in [1.165, 1.54) is 17.1 Å². The van der Waals surface area contributed by atoms with E-state index in [2.05, 4.69) is 41.9 Å². The van der Waals surface area contributed by atoms with E-state index < -0.39 is 11.8 Å². The topological polar surface area (TPSA) is 125 Å². The van der Waals surface area contributed by atoms with Crippen molar-refractivity contribution in [2.75, 3.05) is 5.32 Å². The van der Waals surface area contributed by atoms with Crippen LogP contribution in [0.4, 0.5) is 5.69 Å². The maximum Gasteiger partial charge on any atom is 0.276 e. The van der Waals surface area contributed by atoms with Gasteiger partial charge in [0.05, 0.1) is 40.6 Å². The molecule has 0 bridgehead atoms. The Hall–Kier alpha value is -3.67. The first kappa shape index (κ1) is 21.6. The third-order valence-corrected chi connectivity index (χ3v) is 6.00. The van der Waals surface area contributed by atoms with Gasteiger partial charge in [0, 0.05) is 13.2 Å². The number of aromatic nitrogens is 6. The Labute approximate surface area is 191 Å². The second kappa shape index (κ2) is 8.83. The summed E-state index contributed by atoms with van der Waals surface area (Å²) >= 11 is 3.50. The first-order valence-electron chi connectivity index (χ1n) is 9.70. The van der Waals surface area contributed by atoms with Crippen molar-refractivity contribution in [3.05, 3.63) is 69.9 Å². The van der Waals surface area contributed by atoms with Gasteiger partial charge in [-0.15, -0.1) is 0 Å². The van der Waals surface area contributed by atoms with Crippen LogP contribution in [0.5, 0.6) is 0 Å². The van der Waals surface area contributed by atoms with Gasteiger partial charge in [0.25, 0.3) is 11.8 Å². The van der Waals surface area contributed by atoms with Crippen LogP contribution in [0, 0.1) is 13.8 Å². The zero-order valence-corrected chi connectivity index (χ0v) is 19.3. The number of anilines is 1. The third-order valence-electron chi connectivity index (χ3n) is 4.85. The minimum absolute atomic E-state index is 0.205. The molecule has 2 N–H and O–H groups in total. The molecule has 166 valence electrons. The van der Waals surface area contributed by atoms with Crippen LogP contribution in [0.2, 0.25) is 0 Å². The molecule has 4 heterocycles. The molecule has 0 spiro atoms. The maximum atomic E-state index is 12.7. The van der Waals surface area contributed by atoms with Gasteiger partial charge < -0.3 is 15.1 Å². The standard InChI is InChI=1S/C20H21BrN8O3/c1-12-17(21)13(2)29(25-12)11-28-7-6-15(26-28)19(30)24-16-10-23-27(3)18(16)20(31)22-9-14-5-4-8-32-14/h4-8,10H,9,11H2,1-3H3,(H,22,31)(H,24,30). The summed E-state index contributed by atoms with van der Waals surface area (Å²) in [5, 5.41) is 18.3. The van der Waals surface area contributed by atoms with E-state index in [1.807, 2.05) is 13.8 Å². The number of halogens is 1. The van der Waals surface area contributed by atoms with Crippen LogP contribution in [0.1, 0.15) is 38.1 Å². The lowest BCUT2D eigenvalue weighted by atomic mass is 10.3. The van der Waals surface area contributed by atoms with Crippen molar-refractivity contribution in [2.45, 2.75) is 27.1 Å². The van der Waals surface area contributed by atoms with Crippen molar-refractivity contribution < 1.29 is 14.0 Å². The number of furan rings is 1. The van der Waals surface area contributed by atoms with Gasteiger partial charge in [0.15, 0.2) is 5.69 Å². The molecule has 0 unspecified atom stereocenters. The van der Waals surface area contributed by atoms with Crippen LogP contribution in [0.15, 0.2) is 45.7 Å². The maximum absolute atomic E-state index is 12.7. The van der Waals surface area contributed by atoms with Crippen LogP contribution in [-0.4, -0.2) is 41.2 Å². The second-order valence-corrected chi connectivity index (χ2v) is 7.91. The van der Waals surface area contributed by atoms with Gasteiger partial charge in [-0.25, -0.2) is 4.68 Å². The highest BCUT2D eigenvalue weighted by atomic mass is 79.9. The van der Waals surface area contributed by atoms with Crippen molar-refractivity contribution in [3.8, 4) is 0 Å². The average molecular weight is 501 g/mol. The van der Waals surface area contributed by atoms with Crippen LogP contribution in [-0.2, 0) is 20.3 Å². The number of nitrogens with one attached hydrogen (secondary N) is 2. The van der Waals surface area contributed by atoms with Crippen molar-refractivity contribution in [1.82, 2.24) is 34.7 Å². The quantitative estimate of drug-likeness (QED) is 0.401. The number of hydrogen-bond acceptors (Lipinski definition) is 6. The fourth-order valence-electron chi connectivity index (χ4n) is 3.16. The SMILES string of the molecule is Cc1nn(Cn2ccc(C(=O)Nc3cnn(C)c3C(=O)NCc3ccco3)n2)c(C)c1Br. The van der Waals surface area contributed by atoms with Gasteiger partial charge in [0.1, 0.15) is 18.1 Å². The fraction of sp³-hybridized carbons (Fsp3) is 0.250. The first-order chi connectivity index (χ1) is 15.3. The van der Waals surface area contributed by atoms with Crippen molar-refractivity contribution >= 4 is 33.4 Å². The summed E-state index contributed by atoms with van der Waals surface area (Å²) in [5.41, 5.74) is 2.55. The normalized spacial score (nSPS) is 11.0. The summed E-state index contributed by atoms with van der Waals surface area (Å²) in [6.07, 6.45) is 4.65. The van der Waals surface area contributed by atoms with E-state index in [4.69, 9.17) is 4.42 Å². The molecule has 0 saturated heterocycles. The summed E-state index contributed by atoms with van der Waals surface area (Å²) in [5.74, 6) is -0.227. The van der Waals surface area contributed by atoms with Crippen molar-refractivity contribution in [2.24, 2.45) is 7.05 Å². The van der Waals surface area contributed by atoms with Crippen molar-refractivity contribution in [1.29, 1.82) is 0 Å². The number of amides is 2. The molecule has 2 amide bonds. The van der Waals surface area contributed by atoms with E-state index in [9.17, 15) is 9.59 Å². The molecule has 4 aromatic rings. The summed E-state index contributed by atoms with van der Waals surface area (Å²) in [4.78, 5) is 25.4. The molecule has 0 saturated carbocycles. The summed E-state index contributed by atoms with van der Waals surface area (Å²) in [6, 6.07) is 5.10.